The highest BCUT2D eigenvalue weighted by atomic mass is 32.2. The average Bonchev–Trinajstić information content (AvgIpc) is 2.40. The summed E-state index contributed by atoms with van der Waals surface area (Å²) in [5.74, 6) is -0.865. The Hall–Kier alpha value is -1.85. The Morgan fingerprint density at radius 2 is 1.94 bits per heavy atom. The molecule has 90 valence electrons. The van der Waals surface area contributed by atoms with Crippen LogP contribution in [0.4, 0.5) is 8.78 Å². The number of nitrogens with zero attached hydrogens (tertiary/aromatic N) is 2. The molecule has 1 aliphatic heterocycles. The van der Waals surface area contributed by atoms with Gasteiger partial charge in [-0.15, -0.1) is 11.8 Å². The van der Waals surface area contributed by atoms with Crippen molar-refractivity contribution in [1.82, 2.24) is 0 Å². The largest absolute Gasteiger partial charge is 0.246 e. The maximum Gasteiger partial charge on any atom is 0.246 e. The summed E-state index contributed by atoms with van der Waals surface area (Å²) in [5, 5.41) is 17.8. The predicted molar refractivity (Wildman–Crippen MR) is 64.8 cm³/mol. The molecule has 0 bridgehead atoms. The molecule has 0 saturated carbocycles. The number of hydrogen-bond donors (Lipinski definition) is 0. The zero-order valence-electron chi connectivity index (χ0n) is 9.23. The minimum atomic E-state index is -2.57. The van der Waals surface area contributed by atoms with Gasteiger partial charge < -0.3 is 0 Å². The summed E-state index contributed by atoms with van der Waals surface area (Å²) in [7, 11) is 0. The third-order valence-electron chi connectivity index (χ3n) is 2.76. The maximum atomic E-state index is 13.0. The van der Waals surface area contributed by atoms with Crippen LogP contribution in [-0.2, 0) is 0 Å². The molecule has 0 amide bonds. The van der Waals surface area contributed by atoms with Crippen LogP contribution in [0.3, 0.4) is 0 Å². The summed E-state index contributed by atoms with van der Waals surface area (Å²) in [5.41, 5.74) is 0.551. The molecule has 0 spiro atoms. The lowest BCUT2D eigenvalue weighted by Crippen LogP contribution is -2.21. The Kier molecular flexibility index (Phi) is 3.64. The molecule has 0 saturated heterocycles. The Morgan fingerprint density at radius 1 is 1.28 bits per heavy atom. The molecule has 18 heavy (non-hydrogen) atoms. The number of fused-ring (bicyclic) bond motifs is 1. The summed E-state index contributed by atoms with van der Waals surface area (Å²) in [6, 6.07) is 10.5. The van der Waals surface area contributed by atoms with Gasteiger partial charge in [-0.25, -0.2) is 8.78 Å². The average molecular weight is 262 g/mol. The monoisotopic (exact) mass is 262 g/mol. The SMILES string of the molecule is N#CC(C#N)=C1c2ccccc2SCC1C(F)F. The highest BCUT2D eigenvalue weighted by Crippen LogP contribution is 2.43. The van der Waals surface area contributed by atoms with Crippen molar-refractivity contribution < 1.29 is 8.78 Å². The Morgan fingerprint density at radius 3 is 2.56 bits per heavy atom. The predicted octanol–water partition coefficient (Wildman–Crippen LogP) is 3.47. The van der Waals surface area contributed by atoms with Gasteiger partial charge in [0, 0.05) is 10.6 Å². The minimum Gasteiger partial charge on any atom is -0.210 e. The van der Waals surface area contributed by atoms with Crippen LogP contribution in [0, 0.1) is 28.6 Å². The van der Waals surface area contributed by atoms with Gasteiger partial charge in [0.05, 0.1) is 5.92 Å². The second-order valence-electron chi connectivity index (χ2n) is 3.76. The van der Waals surface area contributed by atoms with Crippen molar-refractivity contribution in [2.24, 2.45) is 5.92 Å². The highest BCUT2D eigenvalue weighted by Gasteiger charge is 2.33. The van der Waals surface area contributed by atoms with E-state index < -0.39 is 12.3 Å². The van der Waals surface area contributed by atoms with Crippen molar-refractivity contribution in [2.45, 2.75) is 11.3 Å². The number of rotatable bonds is 1. The van der Waals surface area contributed by atoms with Crippen molar-refractivity contribution in [1.29, 1.82) is 10.5 Å². The number of benzene rings is 1. The first-order chi connectivity index (χ1) is 8.69. The van der Waals surface area contributed by atoms with E-state index in [1.807, 2.05) is 12.1 Å². The van der Waals surface area contributed by atoms with E-state index in [1.165, 1.54) is 11.8 Å². The van der Waals surface area contributed by atoms with Crippen LogP contribution < -0.4 is 0 Å². The van der Waals surface area contributed by atoms with E-state index in [9.17, 15) is 8.78 Å². The van der Waals surface area contributed by atoms with Gasteiger partial charge in [-0.3, -0.25) is 0 Å². The number of alkyl halides is 2. The van der Waals surface area contributed by atoms with Gasteiger partial charge in [-0.1, -0.05) is 18.2 Å². The van der Waals surface area contributed by atoms with Crippen molar-refractivity contribution in [3.63, 3.8) is 0 Å². The molecule has 1 atom stereocenters. The van der Waals surface area contributed by atoms with Gasteiger partial charge in [0.15, 0.2) is 0 Å². The molecule has 1 heterocycles. The molecule has 0 aromatic heterocycles. The molecule has 1 unspecified atom stereocenters. The molecule has 0 aliphatic carbocycles. The van der Waals surface area contributed by atoms with E-state index >= 15 is 0 Å². The van der Waals surface area contributed by atoms with Crippen LogP contribution in [0.5, 0.6) is 0 Å². The van der Waals surface area contributed by atoms with E-state index in [0.717, 1.165) is 4.90 Å². The lowest BCUT2D eigenvalue weighted by molar-refractivity contribution is 0.114. The third kappa shape index (κ3) is 2.10. The summed E-state index contributed by atoms with van der Waals surface area (Å²) in [4.78, 5) is 0.840. The van der Waals surface area contributed by atoms with E-state index in [1.54, 1.807) is 24.3 Å². The molecule has 0 N–H and O–H groups in total. The first-order valence-corrected chi connectivity index (χ1v) is 6.22. The van der Waals surface area contributed by atoms with Crippen molar-refractivity contribution >= 4 is 17.3 Å². The first-order valence-electron chi connectivity index (χ1n) is 5.23. The highest BCUT2D eigenvalue weighted by molar-refractivity contribution is 7.99. The smallest absolute Gasteiger partial charge is 0.210 e. The van der Waals surface area contributed by atoms with E-state index in [4.69, 9.17) is 10.5 Å². The lowest BCUT2D eigenvalue weighted by atomic mass is 9.89. The summed E-state index contributed by atoms with van der Waals surface area (Å²) in [6.45, 7) is 0. The van der Waals surface area contributed by atoms with Gasteiger partial charge in [0.2, 0.25) is 6.43 Å². The van der Waals surface area contributed by atoms with Crippen LogP contribution in [0.15, 0.2) is 34.7 Å². The van der Waals surface area contributed by atoms with Gasteiger partial charge in [0.25, 0.3) is 0 Å². The standard InChI is InChI=1S/C13H8F2N2S/c14-13(15)10-7-18-11-4-2-1-3-9(11)12(10)8(5-16)6-17/h1-4,10,13H,7H2. The first kappa shape index (κ1) is 12.6. The third-order valence-corrected chi connectivity index (χ3v) is 3.96. The summed E-state index contributed by atoms with van der Waals surface area (Å²) < 4.78 is 26.1. The fourth-order valence-electron chi connectivity index (χ4n) is 1.94. The van der Waals surface area contributed by atoms with E-state index in [2.05, 4.69) is 0 Å². The number of halogens is 2. The molecule has 2 nitrogen and oxygen atoms in total. The van der Waals surface area contributed by atoms with Crippen LogP contribution in [0.1, 0.15) is 5.56 Å². The topological polar surface area (TPSA) is 47.6 Å². The van der Waals surface area contributed by atoms with Crippen molar-refractivity contribution in [2.75, 3.05) is 5.75 Å². The minimum absolute atomic E-state index is 0.185. The number of hydrogen-bond acceptors (Lipinski definition) is 3. The van der Waals surface area contributed by atoms with Crippen LogP contribution in [0.2, 0.25) is 0 Å². The lowest BCUT2D eigenvalue weighted by Gasteiger charge is -2.26. The number of allylic oxidation sites excluding steroid dienone is 2. The fourth-order valence-corrected chi connectivity index (χ4v) is 3.12. The molecular weight excluding hydrogens is 254 g/mol. The summed E-state index contributed by atoms with van der Waals surface area (Å²) >= 11 is 1.33. The van der Waals surface area contributed by atoms with E-state index in [0.29, 0.717) is 5.56 Å². The Bertz CT molecular complexity index is 565. The molecule has 1 aromatic carbocycles. The maximum absolute atomic E-state index is 13.0. The molecule has 5 heteroatoms. The second-order valence-corrected chi connectivity index (χ2v) is 4.82. The molecule has 1 aromatic rings. The number of thioether (sulfide) groups is 1. The molecule has 0 fully saturated rings. The van der Waals surface area contributed by atoms with Gasteiger partial charge in [-0.05, 0) is 17.2 Å². The van der Waals surface area contributed by atoms with Crippen LogP contribution >= 0.6 is 11.8 Å². The molecule has 0 radical (unpaired) electrons. The Balaban J connectivity index is 2.67. The Labute approximate surface area is 108 Å². The van der Waals surface area contributed by atoms with Gasteiger partial charge in [-0.2, -0.15) is 10.5 Å². The van der Waals surface area contributed by atoms with Gasteiger partial charge in [0.1, 0.15) is 17.7 Å². The van der Waals surface area contributed by atoms with Gasteiger partial charge >= 0.3 is 0 Å². The van der Waals surface area contributed by atoms with Crippen LogP contribution in [0.25, 0.3) is 5.57 Å². The molecule has 2 rings (SSSR count). The van der Waals surface area contributed by atoms with Crippen molar-refractivity contribution in [3.05, 3.63) is 35.4 Å². The quantitative estimate of drug-likeness (QED) is 0.728. The van der Waals surface area contributed by atoms with Crippen molar-refractivity contribution in [3.8, 4) is 12.1 Å². The molecule has 1 aliphatic rings. The number of nitriles is 2. The second kappa shape index (κ2) is 5.20. The van der Waals surface area contributed by atoms with Crippen LogP contribution in [-0.4, -0.2) is 12.2 Å². The van der Waals surface area contributed by atoms with E-state index in [-0.39, 0.29) is 16.9 Å². The molecular formula is C13H8F2N2S. The zero-order chi connectivity index (χ0) is 13.1. The fraction of sp³-hybridized carbons (Fsp3) is 0.231. The summed E-state index contributed by atoms with van der Waals surface area (Å²) in [6.07, 6.45) is -2.57. The normalized spacial score (nSPS) is 17.8. The zero-order valence-corrected chi connectivity index (χ0v) is 10.0.